The van der Waals surface area contributed by atoms with Crippen LogP contribution in [0.15, 0.2) is 36.9 Å². The predicted octanol–water partition coefficient (Wildman–Crippen LogP) is -0.110. The van der Waals surface area contributed by atoms with Gasteiger partial charge in [0.15, 0.2) is 0 Å². The number of tetrazole rings is 1. The molecule has 0 saturated carbocycles. The lowest BCUT2D eigenvalue weighted by molar-refractivity contribution is -0.120. The van der Waals surface area contributed by atoms with Gasteiger partial charge in [-0.3, -0.25) is 4.79 Å². The molecular weight excluding hydrogens is 380 g/mol. The molecule has 4 atom stereocenters. The fraction of sp³-hybridized carbons (Fsp3) is 0.412. The van der Waals surface area contributed by atoms with Crippen molar-refractivity contribution >= 4 is 5.91 Å². The normalized spacial score (nSPS) is 25.7. The average molecular weight is 398 g/mol. The fourth-order valence-corrected chi connectivity index (χ4v) is 3.65. The van der Waals surface area contributed by atoms with E-state index < -0.39 is 0 Å². The molecule has 0 aliphatic carbocycles. The Hall–Kier alpha value is -3.38. The molecule has 2 fully saturated rings. The lowest BCUT2D eigenvalue weighted by atomic mass is 10.1. The first-order chi connectivity index (χ1) is 14.2. The maximum absolute atomic E-state index is 11.4. The molecule has 12 heteroatoms. The third-order valence-electron chi connectivity index (χ3n) is 4.92. The molecule has 3 aromatic rings. The predicted molar refractivity (Wildman–Crippen MR) is 95.4 cm³/mol. The highest BCUT2D eigenvalue weighted by atomic mass is 16.6. The van der Waals surface area contributed by atoms with E-state index in [0.717, 1.165) is 5.69 Å². The average Bonchev–Trinajstić information content (AvgIpc) is 3.48. The number of carbonyl (C=O) groups excluding carboxylic acids is 1. The first kappa shape index (κ1) is 17.7. The second kappa shape index (κ2) is 7.22. The van der Waals surface area contributed by atoms with Crippen LogP contribution in [-0.4, -0.2) is 72.3 Å². The van der Waals surface area contributed by atoms with E-state index >= 15 is 0 Å². The Balaban J connectivity index is 1.31. The molecule has 4 heterocycles. The number of hydrogen-bond donors (Lipinski definition) is 1. The van der Waals surface area contributed by atoms with Gasteiger partial charge in [0.2, 0.25) is 5.91 Å². The Morgan fingerprint density at radius 1 is 1.21 bits per heavy atom. The highest BCUT2D eigenvalue weighted by Gasteiger charge is 2.50. The van der Waals surface area contributed by atoms with Crippen molar-refractivity contribution in [3.63, 3.8) is 0 Å². The number of rotatable bonds is 5. The molecule has 1 aromatic carbocycles. The summed E-state index contributed by atoms with van der Waals surface area (Å²) in [5.74, 6) is 0.455. The van der Waals surface area contributed by atoms with E-state index in [1.165, 1.54) is 13.3 Å². The van der Waals surface area contributed by atoms with Crippen molar-refractivity contribution in [1.82, 2.24) is 40.3 Å². The van der Waals surface area contributed by atoms with Crippen molar-refractivity contribution in [1.29, 1.82) is 0 Å². The van der Waals surface area contributed by atoms with Gasteiger partial charge in [-0.05, 0) is 34.7 Å². The van der Waals surface area contributed by atoms with Crippen molar-refractivity contribution in [3.05, 3.63) is 36.9 Å². The molecule has 1 amide bonds. The first-order valence-corrected chi connectivity index (χ1v) is 9.10. The van der Waals surface area contributed by atoms with Gasteiger partial charge in [-0.15, -0.1) is 0 Å². The molecule has 29 heavy (non-hydrogen) atoms. The van der Waals surface area contributed by atoms with Gasteiger partial charge in [-0.1, -0.05) is 5.10 Å². The van der Waals surface area contributed by atoms with Crippen LogP contribution < -0.4 is 10.1 Å². The zero-order valence-corrected chi connectivity index (χ0v) is 15.5. The molecule has 150 valence electrons. The van der Waals surface area contributed by atoms with Crippen LogP contribution >= 0.6 is 0 Å². The number of carbonyl (C=O) groups is 1. The monoisotopic (exact) mass is 398 g/mol. The minimum Gasteiger partial charge on any atom is -0.423 e. The molecule has 2 aliphatic heterocycles. The van der Waals surface area contributed by atoms with Crippen LogP contribution in [0.25, 0.3) is 5.69 Å². The number of benzene rings is 1. The number of ether oxygens (including phenoxy) is 3. The SMILES string of the molecule is CC(=O)N[C@H]1COC2C1OC[C@@H]2n1nnnc1Oc1ccc(-n2cncn2)cc1. The van der Waals surface area contributed by atoms with Crippen molar-refractivity contribution in [2.45, 2.75) is 31.2 Å². The molecule has 0 radical (unpaired) electrons. The summed E-state index contributed by atoms with van der Waals surface area (Å²) in [5.41, 5.74) is 0.852. The summed E-state index contributed by atoms with van der Waals surface area (Å²) in [6.07, 6.45) is 2.56. The molecule has 2 saturated heterocycles. The van der Waals surface area contributed by atoms with E-state index in [2.05, 4.69) is 30.9 Å². The number of nitrogens with one attached hydrogen (secondary N) is 1. The third-order valence-corrected chi connectivity index (χ3v) is 4.92. The lowest BCUT2D eigenvalue weighted by Gasteiger charge is -2.17. The Labute approximate surface area is 164 Å². The smallest absolute Gasteiger partial charge is 0.341 e. The van der Waals surface area contributed by atoms with Crippen molar-refractivity contribution in [2.75, 3.05) is 13.2 Å². The van der Waals surface area contributed by atoms with E-state index in [1.54, 1.807) is 27.8 Å². The summed E-state index contributed by atoms with van der Waals surface area (Å²) in [7, 11) is 0. The lowest BCUT2D eigenvalue weighted by Crippen LogP contribution is -2.43. The van der Waals surface area contributed by atoms with Crippen LogP contribution in [0.3, 0.4) is 0 Å². The quantitative estimate of drug-likeness (QED) is 0.625. The number of amides is 1. The molecule has 0 bridgehead atoms. The number of hydrogen-bond acceptors (Lipinski definition) is 9. The van der Waals surface area contributed by atoms with Crippen LogP contribution in [0.2, 0.25) is 0 Å². The van der Waals surface area contributed by atoms with Crippen LogP contribution in [0.5, 0.6) is 11.8 Å². The Morgan fingerprint density at radius 2 is 2.03 bits per heavy atom. The van der Waals surface area contributed by atoms with Crippen LogP contribution in [-0.2, 0) is 14.3 Å². The zero-order valence-electron chi connectivity index (χ0n) is 15.5. The molecule has 1 N–H and O–H groups in total. The van der Waals surface area contributed by atoms with E-state index in [0.29, 0.717) is 19.0 Å². The van der Waals surface area contributed by atoms with E-state index in [4.69, 9.17) is 14.2 Å². The van der Waals surface area contributed by atoms with Crippen LogP contribution in [0.1, 0.15) is 13.0 Å². The number of aromatic nitrogens is 7. The molecule has 12 nitrogen and oxygen atoms in total. The van der Waals surface area contributed by atoms with Gasteiger partial charge in [-0.25, -0.2) is 9.67 Å². The Kier molecular flexibility index (Phi) is 4.41. The van der Waals surface area contributed by atoms with Crippen molar-refractivity contribution < 1.29 is 19.0 Å². The second-order valence-corrected chi connectivity index (χ2v) is 6.81. The topological polar surface area (TPSA) is 131 Å². The summed E-state index contributed by atoms with van der Waals surface area (Å²) < 4.78 is 20.8. The number of fused-ring (bicyclic) bond motifs is 1. The maximum atomic E-state index is 11.4. The van der Waals surface area contributed by atoms with E-state index in [1.807, 2.05) is 12.1 Å². The first-order valence-electron chi connectivity index (χ1n) is 9.10. The highest BCUT2D eigenvalue weighted by molar-refractivity contribution is 5.73. The Morgan fingerprint density at radius 3 is 2.79 bits per heavy atom. The van der Waals surface area contributed by atoms with Crippen molar-refractivity contribution in [3.8, 4) is 17.4 Å². The minimum atomic E-state index is -0.271. The maximum Gasteiger partial charge on any atom is 0.341 e. The van der Waals surface area contributed by atoms with Gasteiger partial charge in [0.05, 0.1) is 24.9 Å². The van der Waals surface area contributed by atoms with E-state index in [-0.39, 0.29) is 36.2 Å². The summed E-state index contributed by atoms with van der Waals surface area (Å²) in [6, 6.07) is 7.09. The standard InChI is InChI=1S/C17H18N8O4/c1-10(26)20-13-6-27-16-14(7-28-15(13)16)25-17(21-22-23-25)29-12-4-2-11(3-5-12)24-9-18-8-19-24/h2-5,8-9,13-16H,6-7H2,1H3,(H,20,26)/t13-,14-,15?,16?/m0/s1. The summed E-state index contributed by atoms with van der Waals surface area (Å²) in [6.45, 7) is 2.22. The van der Waals surface area contributed by atoms with Crippen molar-refractivity contribution in [2.24, 2.45) is 0 Å². The Bertz CT molecular complexity index is 989. The van der Waals surface area contributed by atoms with Gasteiger partial charge in [0.1, 0.15) is 36.7 Å². The number of nitrogens with zero attached hydrogens (tertiary/aromatic N) is 7. The summed E-state index contributed by atoms with van der Waals surface area (Å²) in [5, 5.41) is 18.7. The zero-order chi connectivity index (χ0) is 19.8. The molecule has 2 unspecified atom stereocenters. The molecular formula is C17H18N8O4. The molecule has 2 aliphatic rings. The summed E-state index contributed by atoms with van der Waals surface area (Å²) in [4.78, 5) is 15.3. The van der Waals surface area contributed by atoms with Gasteiger partial charge >= 0.3 is 6.01 Å². The van der Waals surface area contributed by atoms with Gasteiger partial charge in [-0.2, -0.15) is 9.78 Å². The third kappa shape index (κ3) is 3.32. The van der Waals surface area contributed by atoms with Crippen LogP contribution in [0, 0.1) is 0 Å². The second-order valence-electron chi connectivity index (χ2n) is 6.81. The fourth-order valence-electron chi connectivity index (χ4n) is 3.65. The summed E-state index contributed by atoms with van der Waals surface area (Å²) >= 11 is 0. The van der Waals surface area contributed by atoms with Gasteiger partial charge in [0, 0.05) is 6.92 Å². The van der Waals surface area contributed by atoms with Crippen LogP contribution in [0.4, 0.5) is 0 Å². The minimum absolute atomic E-state index is 0.118. The van der Waals surface area contributed by atoms with E-state index in [9.17, 15) is 4.79 Å². The van der Waals surface area contributed by atoms with Gasteiger partial charge < -0.3 is 19.5 Å². The largest absolute Gasteiger partial charge is 0.423 e. The molecule has 5 rings (SSSR count). The highest BCUT2D eigenvalue weighted by Crippen LogP contribution is 2.36. The molecule has 2 aromatic heterocycles. The molecule has 0 spiro atoms. The van der Waals surface area contributed by atoms with Gasteiger partial charge in [0.25, 0.3) is 0 Å².